The third-order valence-corrected chi connectivity index (χ3v) is 4.27. The maximum Gasteiger partial charge on any atom is 0.335 e. The average Bonchev–Trinajstić information content (AvgIpc) is 2.37. The molecule has 0 saturated heterocycles. The fraction of sp³-hybridized carbons (Fsp3) is 0.0714. The number of carboxylic acids is 1. The Balaban J connectivity index is 2.38. The van der Waals surface area contributed by atoms with Gasteiger partial charge in [-0.25, -0.2) is 13.2 Å². The van der Waals surface area contributed by atoms with E-state index in [1.165, 1.54) is 12.1 Å². The molecule has 0 aliphatic heterocycles. The topological polar surface area (TPSA) is 109 Å². The molecule has 0 radical (unpaired) electrons. The number of aryl methyl sites for hydroxylation is 1. The third-order valence-electron chi connectivity index (χ3n) is 2.82. The van der Waals surface area contributed by atoms with Crippen LogP contribution >= 0.6 is 0 Å². The van der Waals surface area contributed by atoms with Crippen molar-refractivity contribution in [1.82, 2.24) is 0 Å². The van der Waals surface area contributed by atoms with Crippen LogP contribution < -0.4 is 10.5 Å². The summed E-state index contributed by atoms with van der Waals surface area (Å²) in [5.74, 6) is -1.17. The van der Waals surface area contributed by atoms with E-state index >= 15 is 0 Å². The van der Waals surface area contributed by atoms with Gasteiger partial charge < -0.3 is 10.8 Å². The number of nitrogens with one attached hydrogen (secondary N) is 1. The summed E-state index contributed by atoms with van der Waals surface area (Å²) in [6.45, 7) is 1.84. The predicted molar refractivity (Wildman–Crippen MR) is 79.8 cm³/mol. The molecule has 0 heterocycles. The van der Waals surface area contributed by atoms with E-state index in [1.54, 1.807) is 18.2 Å². The second kappa shape index (κ2) is 5.45. The number of anilines is 2. The molecule has 2 rings (SSSR count). The molecule has 7 heteroatoms. The molecule has 0 aliphatic carbocycles. The lowest BCUT2D eigenvalue weighted by Gasteiger charge is -2.11. The van der Waals surface area contributed by atoms with Gasteiger partial charge in [-0.3, -0.25) is 4.72 Å². The van der Waals surface area contributed by atoms with Crippen LogP contribution in [-0.2, 0) is 10.0 Å². The third kappa shape index (κ3) is 3.32. The summed E-state index contributed by atoms with van der Waals surface area (Å²) in [4.78, 5) is 10.7. The lowest BCUT2D eigenvalue weighted by atomic mass is 10.2. The minimum atomic E-state index is -3.87. The molecule has 110 valence electrons. The molecule has 0 aromatic heterocycles. The lowest BCUT2D eigenvalue weighted by Crippen LogP contribution is -2.15. The van der Waals surface area contributed by atoms with Gasteiger partial charge >= 0.3 is 5.97 Å². The van der Waals surface area contributed by atoms with Crippen molar-refractivity contribution >= 4 is 27.4 Å². The number of rotatable bonds is 4. The lowest BCUT2D eigenvalue weighted by molar-refractivity contribution is 0.0697. The second-order valence-electron chi connectivity index (χ2n) is 4.53. The van der Waals surface area contributed by atoms with Gasteiger partial charge in [0.1, 0.15) is 4.90 Å². The van der Waals surface area contributed by atoms with Crippen molar-refractivity contribution in [1.29, 1.82) is 0 Å². The molecule has 0 fully saturated rings. The van der Waals surface area contributed by atoms with E-state index in [9.17, 15) is 13.2 Å². The molecule has 0 saturated carbocycles. The first-order valence-corrected chi connectivity index (χ1v) is 7.50. The van der Waals surface area contributed by atoms with Crippen LogP contribution in [0.25, 0.3) is 0 Å². The van der Waals surface area contributed by atoms with Crippen molar-refractivity contribution in [2.45, 2.75) is 11.8 Å². The zero-order chi connectivity index (χ0) is 15.6. The van der Waals surface area contributed by atoms with Crippen molar-refractivity contribution in [3.63, 3.8) is 0 Å². The van der Waals surface area contributed by atoms with Crippen molar-refractivity contribution < 1.29 is 18.3 Å². The number of sulfonamides is 1. The highest BCUT2D eigenvalue weighted by atomic mass is 32.2. The number of carbonyl (C=O) groups is 1. The number of hydrogen-bond acceptors (Lipinski definition) is 4. The summed E-state index contributed by atoms with van der Waals surface area (Å²) in [7, 11) is -3.87. The molecule has 4 N–H and O–H groups in total. The largest absolute Gasteiger partial charge is 0.478 e. The van der Waals surface area contributed by atoms with E-state index in [4.69, 9.17) is 10.8 Å². The molecule has 0 amide bonds. The number of carboxylic acid groups (broad SMARTS) is 1. The van der Waals surface area contributed by atoms with Gasteiger partial charge in [0.05, 0.1) is 11.3 Å². The summed E-state index contributed by atoms with van der Waals surface area (Å²) in [5.41, 5.74) is 6.78. The SMILES string of the molecule is Cc1cccc(NS(=O)(=O)c2ccc(C(=O)O)cc2N)c1. The maximum absolute atomic E-state index is 12.3. The van der Waals surface area contributed by atoms with Crippen LogP contribution in [0, 0.1) is 6.92 Å². The zero-order valence-electron chi connectivity index (χ0n) is 11.2. The van der Waals surface area contributed by atoms with Crippen molar-refractivity contribution in [3.05, 3.63) is 53.6 Å². The maximum atomic E-state index is 12.3. The molecule has 6 nitrogen and oxygen atoms in total. The Labute approximate surface area is 122 Å². The quantitative estimate of drug-likeness (QED) is 0.749. The van der Waals surface area contributed by atoms with Crippen LogP contribution in [0.15, 0.2) is 47.4 Å². The van der Waals surface area contributed by atoms with Crippen LogP contribution in [0.5, 0.6) is 0 Å². The summed E-state index contributed by atoms with van der Waals surface area (Å²) < 4.78 is 27.0. The Bertz CT molecular complexity index is 800. The van der Waals surface area contributed by atoms with Crippen LogP contribution in [0.1, 0.15) is 15.9 Å². The van der Waals surface area contributed by atoms with Crippen LogP contribution in [0.4, 0.5) is 11.4 Å². The molecule has 2 aromatic carbocycles. The van der Waals surface area contributed by atoms with Crippen LogP contribution in [0.2, 0.25) is 0 Å². The molecule has 0 spiro atoms. The van der Waals surface area contributed by atoms with Gasteiger partial charge in [0.15, 0.2) is 0 Å². The van der Waals surface area contributed by atoms with Crippen LogP contribution in [0.3, 0.4) is 0 Å². The minimum absolute atomic E-state index is 0.0676. The smallest absolute Gasteiger partial charge is 0.335 e. The summed E-state index contributed by atoms with van der Waals surface area (Å²) in [6.07, 6.45) is 0. The number of nitrogens with two attached hydrogens (primary N) is 1. The van der Waals surface area contributed by atoms with Crippen molar-refractivity contribution in [2.24, 2.45) is 0 Å². The first-order valence-electron chi connectivity index (χ1n) is 6.02. The molecular weight excluding hydrogens is 292 g/mol. The fourth-order valence-corrected chi connectivity index (χ4v) is 3.01. The van der Waals surface area contributed by atoms with E-state index in [0.717, 1.165) is 11.6 Å². The van der Waals surface area contributed by atoms with Gasteiger partial charge in [0, 0.05) is 5.69 Å². The number of benzene rings is 2. The average molecular weight is 306 g/mol. The molecule has 0 aliphatic rings. The van der Waals surface area contributed by atoms with Crippen molar-refractivity contribution in [2.75, 3.05) is 10.5 Å². The number of nitrogen functional groups attached to an aromatic ring is 1. The molecule has 0 bridgehead atoms. The van der Waals surface area contributed by atoms with E-state index in [0.29, 0.717) is 5.69 Å². The standard InChI is InChI=1S/C14H14N2O4S/c1-9-3-2-4-11(7-9)16-21(19,20)13-6-5-10(14(17)18)8-12(13)15/h2-8,16H,15H2,1H3,(H,17,18). The van der Waals surface area contributed by atoms with Gasteiger partial charge in [-0.2, -0.15) is 0 Å². The van der Waals surface area contributed by atoms with Gasteiger partial charge in [0.2, 0.25) is 0 Å². The van der Waals surface area contributed by atoms with E-state index in [-0.39, 0.29) is 16.1 Å². The summed E-state index contributed by atoms with van der Waals surface area (Å²) in [6, 6.07) is 10.4. The fourth-order valence-electron chi connectivity index (χ4n) is 1.84. The monoisotopic (exact) mass is 306 g/mol. The summed E-state index contributed by atoms with van der Waals surface area (Å²) in [5, 5.41) is 8.85. The first kappa shape index (κ1) is 14.9. The Hall–Kier alpha value is -2.54. The highest BCUT2D eigenvalue weighted by Gasteiger charge is 2.19. The Morgan fingerprint density at radius 3 is 2.48 bits per heavy atom. The van der Waals surface area contributed by atoms with Crippen molar-refractivity contribution in [3.8, 4) is 0 Å². The molecule has 2 aromatic rings. The van der Waals surface area contributed by atoms with Gasteiger partial charge in [-0.15, -0.1) is 0 Å². The number of hydrogen-bond donors (Lipinski definition) is 3. The van der Waals surface area contributed by atoms with Gasteiger partial charge in [-0.05, 0) is 42.8 Å². The highest BCUT2D eigenvalue weighted by Crippen LogP contribution is 2.23. The number of aromatic carboxylic acids is 1. The molecular formula is C14H14N2O4S. The first-order chi connectivity index (χ1) is 9.79. The van der Waals surface area contributed by atoms with E-state index < -0.39 is 16.0 Å². The highest BCUT2D eigenvalue weighted by molar-refractivity contribution is 7.92. The molecule has 21 heavy (non-hydrogen) atoms. The summed E-state index contributed by atoms with van der Waals surface area (Å²) >= 11 is 0. The predicted octanol–water partition coefficient (Wildman–Crippen LogP) is 2.08. The molecule has 0 unspecified atom stereocenters. The van der Waals surface area contributed by atoms with Gasteiger partial charge in [0.25, 0.3) is 10.0 Å². The van der Waals surface area contributed by atoms with Crippen LogP contribution in [-0.4, -0.2) is 19.5 Å². The Morgan fingerprint density at radius 1 is 1.19 bits per heavy atom. The normalized spacial score (nSPS) is 11.1. The van der Waals surface area contributed by atoms with Gasteiger partial charge in [-0.1, -0.05) is 12.1 Å². The molecule has 0 atom stereocenters. The second-order valence-corrected chi connectivity index (χ2v) is 6.18. The minimum Gasteiger partial charge on any atom is -0.478 e. The Kier molecular flexibility index (Phi) is 3.86. The Morgan fingerprint density at radius 2 is 1.90 bits per heavy atom. The zero-order valence-corrected chi connectivity index (χ0v) is 12.0. The van der Waals surface area contributed by atoms with E-state index in [1.807, 2.05) is 13.0 Å². The van der Waals surface area contributed by atoms with E-state index in [2.05, 4.69) is 4.72 Å².